The van der Waals surface area contributed by atoms with Gasteiger partial charge in [0.05, 0.1) is 5.92 Å². The number of halogens is 1. The van der Waals surface area contributed by atoms with Gasteiger partial charge in [-0.3, -0.25) is 9.59 Å². The number of carbonyl (C=O) groups excluding carboxylic acids is 2. The fourth-order valence-corrected chi connectivity index (χ4v) is 4.81. The average molecular weight is 377 g/mol. The molecule has 5 nitrogen and oxygen atoms in total. The summed E-state index contributed by atoms with van der Waals surface area (Å²) in [6.45, 7) is 4.21. The van der Waals surface area contributed by atoms with E-state index >= 15 is 0 Å². The maximum Gasteiger partial charge on any atom is 0.253 e. The van der Waals surface area contributed by atoms with E-state index in [0.717, 1.165) is 38.8 Å². The normalized spacial score (nSPS) is 25.0. The van der Waals surface area contributed by atoms with Gasteiger partial charge in [-0.05, 0) is 49.9 Å². The van der Waals surface area contributed by atoms with Crippen molar-refractivity contribution >= 4 is 23.4 Å². The molecule has 6 heteroatoms. The predicted molar refractivity (Wildman–Crippen MR) is 99.1 cm³/mol. The third-order valence-electron chi connectivity index (χ3n) is 6.23. The lowest BCUT2D eigenvalue weighted by molar-refractivity contribution is -0.139. The minimum atomic E-state index is -0.139. The minimum absolute atomic E-state index is 0.00995. The third kappa shape index (κ3) is 3.23. The molecule has 3 heterocycles. The molecule has 140 valence electrons. The highest BCUT2D eigenvalue weighted by molar-refractivity contribution is 6.30. The molecule has 0 radical (unpaired) electrons. The zero-order valence-electron chi connectivity index (χ0n) is 15.0. The molecule has 0 saturated carbocycles. The number of nitrogens with zero attached hydrogens (tertiary/aromatic N) is 2. The topological polar surface area (TPSA) is 49.9 Å². The van der Waals surface area contributed by atoms with Gasteiger partial charge in [0.2, 0.25) is 5.91 Å². The Morgan fingerprint density at radius 2 is 1.69 bits per heavy atom. The molecular formula is C20H25ClN2O3. The molecule has 2 amide bonds. The summed E-state index contributed by atoms with van der Waals surface area (Å²) in [6, 6.07) is 7.00. The Labute approximate surface area is 159 Å². The maximum absolute atomic E-state index is 13.2. The summed E-state index contributed by atoms with van der Waals surface area (Å²) in [7, 11) is 0. The second-order valence-corrected chi connectivity index (χ2v) is 8.19. The third-order valence-corrected chi connectivity index (χ3v) is 6.48. The first-order valence-corrected chi connectivity index (χ1v) is 9.88. The number of hydrogen-bond donors (Lipinski definition) is 0. The van der Waals surface area contributed by atoms with Crippen molar-refractivity contribution in [3.63, 3.8) is 0 Å². The van der Waals surface area contributed by atoms with Crippen molar-refractivity contribution in [1.82, 2.24) is 9.80 Å². The highest BCUT2D eigenvalue weighted by Crippen LogP contribution is 2.45. The summed E-state index contributed by atoms with van der Waals surface area (Å²) in [5.41, 5.74) is 0.492. The molecule has 1 aromatic carbocycles. The largest absolute Gasteiger partial charge is 0.381 e. The standard InChI is InChI=1S/C20H25ClN2O3/c21-16-5-3-15(4-6-16)18(24)23-13-17(19(25)22-9-1-2-10-22)20(14-23)7-11-26-12-8-20/h3-6,17H,1-2,7-14H2. The van der Waals surface area contributed by atoms with Gasteiger partial charge in [-0.2, -0.15) is 0 Å². The first kappa shape index (κ1) is 17.8. The van der Waals surface area contributed by atoms with Crippen LogP contribution in [0.15, 0.2) is 24.3 Å². The van der Waals surface area contributed by atoms with Crippen LogP contribution in [0, 0.1) is 11.3 Å². The van der Waals surface area contributed by atoms with Gasteiger partial charge in [0, 0.05) is 55.4 Å². The van der Waals surface area contributed by atoms with E-state index in [1.54, 1.807) is 24.3 Å². The number of amides is 2. The minimum Gasteiger partial charge on any atom is -0.381 e. The number of likely N-dealkylation sites (tertiary alicyclic amines) is 2. The van der Waals surface area contributed by atoms with Crippen LogP contribution in [0.3, 0.4) is 0 Å². The van der Waals surface area contributed by atoms with E-state index in [0.29, 0.717) is 36.9 Å². The number of rotatable bonds is 2. The molecule has 4 rings (SSSR count). The predicted octanol–water partition coefficient (Wildman–Crippen LogP) is 2.83. The highest BCUT2D eigenvalue weighted by Gasteiger charge is 2.52. The van der Waals surface area contributed by atoms with Gasteiger partial charge < -0.3 is 14.5 Å². The van der Waals surface area contributed by atoms with Crippen molar-refractivity contribution in [2.75, 3.05) is 39.4 Å². The molecule has 26 heavy (non-hydrogen) atoms. The lowest BCUT2D eigenvalue weighted by Crippen LogP contribution is -2.45. The number of hydrogen-bond acceptors (Lipinski definition) is 3. The van der Waals surface area contributed by atoms with Crippen LogP contribution >= 0.6 is 11.6 Å². The molecule has 0 bridgehead atoms. The first-order valence-electron chi connectivity index (χ1n) is 9.50. The van der Waals surface area contributed by atoms with Gasteiger partial charge in [-0.15, -0.1) is 0 Å². The molecule has 1 atom stereocenters. The van der Waals surface area contributed by atoms with Gasteiger partial charge in [0.1, 0.15) is 0 Å². The fraction of sp³-hybridized carbons (Fsp3) is 0.600. The second kappa shape index (κ2) is 7.20. The van der Waals surface area contributed by atoms with E-state index in [1.165, 1.54) is 0 Å². The highest BCUT2D eigenvalue weighted by atomic mass is 35.5. The van der Waals surface area contributed by atoms with Gasteiger partial charge in [0.25, 0.3) is 5.91 Å². The molecular weight excluding hydrogens is 352 g/mol. The SMILES string of the molecule is O=C(c1ccc(Cl)cc1)N1CC(C(=O)N2CCCC2)C2(CCOCC2)C1. The molecule has 0 N–H and O–H groups in total. The number of ether oxygens (including phenoxy) is 1. The zero-order chi connectivity index (χ0) is 18.1. The van der Waals surface area contributed by atoms with E-state index in [1.807, 2.05) is 9.80 Å². The van der Waals surface area contributed by atoms with E-state index in [9.17, 15) is 9.59 Å². The summed E-state index contributed by atoms with van der Waals surface area (Å²) in [5, 5.41) is 0.617. The molecule has 3 aliphatic heterocycles. The summed E-state index contributed by atoms with van der Waals surface area (Å²) in [4.78, 5) is 30.1. The summed E-state index contributed by atoms with van der Waals surface area (Å²) in [5.74, 6) is 0.112. The first-order chi connectivity index (χ1) is 12.6. The Hall–Kier alpha value is -1.59. The van der Waals surface area contributed by atoms with Gasteiger partial charge in [-0.25, -0.2) is 0 Å². The molecule has 0 aliphatic carbocycles. The van der Waals surface area contributed by atoms with Gasteiger partial charge >= 0.3 is 0 Å². The Balaban J connectivity index is 1.57. The molecule has 0 aromatic heterocycles. The monoisotopic (exact) mass is 376 g/mol. The maximum atomic E-state index is 13.2. The molecule has 1 unspecified atom stereocenters. The Morgan fingerprint density at radius 1 is 1.04 bits per heavy atom. The van der Waals surface area contributed by atoms with Crippen molar-refractivity contribution < 1.29 is 14.3 Å². The number of benzene rings is 1. The molecule has 1 spiro atoms. The zero-order valence-corrected chi connectivity index (χ0v) is 15.7. The van der Waals surface area contributed by atoms with Crippen LogP contribution in [-0.4, -0.2) is 61.0 Å². The lowest BCUT2D eigenvalue weighted by Gasteiger charge is -2.38. The fourth-order valence-electron chi connectivity index (χ4n) is 4.68. The average Bonchev–Trinajstić information content (AvgIpc) is 3.31. The summed E-state index contributed by atoms with van der Waals surface area (Å²) >= 11 is 5.94. The van der Waals surface area contributed by atoms with E-state index < -0.39 is 0 Å². The van der Waals surface area contributed by atoms with Crippen molar-refractivity contribution in [2.45, 2.75) is 25.7 Å². The Bertz CT molecular complexity index is 679. The van der Waals surface area contributed by atoms with Crippen LogP contribution in [-0.2, 0) is 9.53 Å². The van der Waals surface area contributed by atoms with Gasteiger partial charge in [0.15, 0.2) is 0 Å². The summed E-state index contributed by atoms with van der Waals surface area (Å²) in [6.07, 6.45) is 3.87. The molecule has 1 aromatic rings. The lowest BCUT2D eigenvalue weighted by atomic mass is 9.71. The quantitative estimate of drug-likeness (QED) is 0.797. The van der Waals surface area contributed by atoms with Crippen LogP contribution in [0.25, 0.3) is 0 Å². The number of carbonyl (C=O) groups is 2. The van der Waals surface area contributed by atoms with E-state index in [4.69, 9.17) is 16.3 Å². The van der Waals surface area contributed by atoms with Crippen LogP contribution < -0.4 is 0 Å². The summed E-state index contributed by atoms with van der Waals surface area (Å²) < 4.78 is 5.56. The molecule has 3 aliphatic rings. The second-order valence-electron chi connectivity index (χ2n) is 7.75. The van der Waals surface area contributed by atoms with Gasteiger partial charge in [-0.1, -0.05) is 11.6 Å². The van der Waals surface area contributed by atoms with Crippen molar-refractivity contribution in [3.05, 3.63) is 34.9 Å². The van der Waals surface area contributed by atoms with Crippen LogP contribution in [0.1, 0.15) is 36.0 Å². The van der Waals surface area contributed by atoms with Crippen LogP contribution in [0.4, 0.5) is 0 Å². The molecule has 3 fully saturated rings. The Kier molecular flexibility index (Phi) is 4.93. The van der Waals surface area contributed by atoms with Crippen molar-refractivity contribution in [3.8, 4) is 0 Å². The van der Waals surface area contributed by atoms with Crippen LogP contribution in [0.5, 0.6) is 0 Å². The van der Waals surface area contributed by atoms with E-state index in [2.05, 4.69) is 0 Å². The van der Waals surface area contributed by atoms with Crippen LogP contribution in [0.2, 0.25) is 5.02 Å². The van der Waals surface area contributed by atoms with E-state index in [-0.39, 0.29) is 23.1 Å². The van der Waals surface area contributed by atoms with Crippen molar-refractivity contribution in [1.29, 1.82) is 0 Å². The van der Waals surface area contributed by atoms with Crippen molar-refractivity contribution in [2.24, 2.45) is 11.3 Å². The Morgan fingerprint density at radius 3 is 2.35 bits per heavy atom. The molecule has 3 saturated heterocycles. The smallest absolute Gasteiger partial charge is 0.253 e.